The molecule has 0 aromatic heterocycles. The average Bonchev–Trinajstić information content (AvgIpc) is 2.80. The minimum Gasteiger partial charge on any atom is -0.348 e. The van der Waals surface area contributed by atoms with Gasteiger partial charge in [0.2, 0.25) is 0 Å². The van der Waals surface area contributed by atoms with E-state index in [2.05, 4.69) is 10.6 Å². The zero-order chi connectivity index (χ0) is 14.8. The Morgan fingerprint density at radius 3 is 2.43 bits per heavy atom. The summed E-state index contributed by atoms with van der Waals surface area (Å²) in [5.74, 6) is -1.17. The first-order valence-corrected chi connectivity index (χ1v) is 6.47. The molecule has 5 nitrogen and oxygen atoms in total. The third-order valence-electron chi connectivity index (χ3n) is 3.29. The second-order valence-corrected chi connectivity index (χ2v) is 4.71. The zero-order valence-electron chi connectivity index (χ0n) is 11.1. The number of benzene rings is 2. The van der Waals surface area contributed by atoms with Gasteiger partial charge in [0, 0.05) is 12.1 Å². The van der Waals surface area contributed by atoms with Crippen LogP contribution in [0.25, 0.3) is 0 Å². The molecule has 0 fully saturated rings. The summed E-state index contributed by atoms with van der Waals surface area (Å²) in [6.07, 6.45) is 0. The number of rotatable bonds is 3. The second-order valence-electron chi connectivity index (χ2n) is 4.71. The number of nitrogens with one attached hydrogen (secondary N) is 2. The van der Waals surface area contributed by atoms with Gasteiger partial charge in [-0.2, -0.15) is 0 Å². The number of carbonyl (C=O) groups excluding carboxylic acids is 3. The van der Waals surface area contributed by atoms with Crippen molar-refractivity contribution in [1.29, 1.82) is 0 Å². The largest absolute Gasteiger partial charge is 0.348 e. The number of hydrogen-bond donors (Lipinski definition) is 2. The summed E-state index contributed by atoms with van der Waals surface area (Å²) in [6, 6.07) is 14.0. The van der Waals surface area contributed by atoms with Crippen LogP contribution in [0.3, 0.4) is 0 Å². The molecular formula is C16H12N2O3. The van der Waals surface area contributed by atoms with Gasteiger partial charge < -0.3 is 5.32 Å². The van der Waals surface area contributed by atoms with Crippen LogP contribution in [0, 0.1) is 0 Å². The number of hydrogen-bond acceptors (Lipinski definition) is 3. The monoisotopic (exact) mass is 280 g/mol. The molecule has 1 heterocycles. The summed E-state index contributed by atoms with van der Waals surface area (Å²) in [5, 5.41) is 4.97. The Balaban J connectivity index is 1.76. The van der Waals surface area contributed by atoms with Gasteiger partial charge in [-0.05, 0) is 23.8 Å². The van der Waals surface area contributed by atoms with Crippen LogP contribution in [-0.2, 0) is 6.54 Å². The Labute approximate surface area is 121 Å². The van der Waals surface area contributed by atoms with E-state index in [4.69, 9.17) is 0 Å². The fourth-order valence-corrected chi connectivity index (χ4v) is 2.19. The van der Waals surface area contributed by atoms with E-state index in [9.17, 15) is 14.4 Å². The van der Waals surface area contributed by atoms with Gasteiger partial charge in [0.1, 0.15) is 0 Å². The molecule has 21 heavy (non-hydrogen) atoms. The van der Waals surface area contributed by atoms with E-state index >= 15 is 0 Å². The average molecular weight is 280 g/mol. The van der Waals surface area contributed by atoms with Gasteiger partial charge >= 0.3 is 0 Å². The molecule has 0 bridgehead atoms. The zero-order valence-corrected chi connectivity index (χ0v) is 11.1. The van der Waals surface area contributed by atoms with Gasteiger partial charge in [-0.15, -0.1) is 0 Å². The SMILES string of the molecule is O=C(NCc1ccccc1)c1ccc2c(c1)C(=O)NC2=O. The molecule has 0 unspecified atom stereocenters. The van der Waals surface area contributed by atoms with Gasteiger partial charge in [0.05, 0.1) is 11.1 Å². The smallest absolute Gasteiger partial charge is 0.258 e. The predicted octanol–water partition coefficient (Wildman–Crippen LogP) is 1.50. The number of carbonyl (C=O) groups is 3. The molecule has 0 spiro atoms. The fourth-order valence-electron chi connectivity index (χ4n) is 2.19. The predicted molar refractivity (Wildman–Crippen MR) is 75.9 cm³/mol. The summed E-state index contributed by atoms with van der Waals surface area (Å²) < 4.78 is 0. The van der Waals surface area contributed by atoms with Crippen LogP contribution in [-0.4, -0.2) is 17.7 Å². The minimum atomic E-state index is -0.465. The highest BCUT2D eigenvalue weighted by molar-refractivity contribution is 6.22. The molecule has 2 aromatic carbocycles. The normalized spacial score (nSPS) is 12.8. The van der Waals surface area contributed by atoms with Crippen molar-refractivity contribution in [2.24, 2.45) is 0 Å². The highest BCUT2D eigenvalue weighted by atomic mass is 16.2. The van der Waals surface area contributed by atoms with Crippen molar-refractivity contribution in [2.45, 2.75) is 6.54 Å². The first kappa shape index (κ1) is 13.1. The molecule has 2 N–H and O–H groups in total. The van der Waals surface area contributed by atoms with Crippen molar-refractivity contribution in [1.82, 2.24) is 10.6 Å². The van der Waals surface area contributed by atoms with Crippen molar-refractivity contribution in [3.05, 3.63) is 70.8 Å². The highest BCUT2D eigenvalue weighted by Crippen LogP contribution is 2.17. The maximum absolute atomic E-state index is 12.1. The van der Waals surface area contributed by atoms with E-state index in [0.717, 1.165) is 5.56 Å². The Morgan fingerprint density at radius 1 is 0.952 bits per heavy atom. The molecule has 0 atom stereocenters. The van der Waals surface area contributed by atoms with Crippen LogP contribution in [0.4, 0.5) is 0 Å². The van der Waals surface area contributed by atoms with Crippen LogP contribution in [0.2, 0.25) is 0 Å². The van der Waals surface area contributed by atoms with Crippen molar-refractivity contribution in [2.75, 3.05) is 0 Å². The van der Waals surface area contributed by atoms with E-state index in [-0.39, 0.29) is 11.5 Å². The van der Waals surface area contributed by atoms with Crippen LogP contribution in [0.1, 0.15) is 36.6 Å². The van der Waals surface area contributed by atoms with Gasteiger partial charge in [0.15, 0.2) is 0 Å². The molecule has 0 aliphatic carbocycles. The molecule has 2 aromatic rings. The molecule has 3 amide bonds. The standard InChI is InChI=1S/C16H12N2O3/c19-14(17-9-10-4-2-1-3-5-10)11-6-7-12-13(8-11)16(21)18-15(12)20/h1-8H,9H2,(H,17,19)(H,18,20,21). The number of fused-ring (bicyclic) bond motifs is 1. The third-order valence-corrected chi connectivity index (χ3v) is 3.29. The summed E-state index contributed by atoms with van der Waals surface area (Å²) in [7, 11) is 0. The lowest BCUT2D eigenvalue weighted by Crippen LogP contribution is -2.23. The molecule has 5 heteroatoms. The topological polar surface area (TPSA) is 75.3 Å². The second kappa shape index (κ2) is 5.20. The molecule has 3 rings (SSSR count). The molecule has 104 valence electrons. The summed E-state index contributed by atoms with van der Waals surface area (Å²) in [6.45, 7) is 0.405. The van der Waals surface area contributed by atoms with E-state index in [0.29, 0.717) is 17.7 Å². The van der Waals surface area contributed by atoms with Crippen molar-refractivity contribution < 1.29 is 14.4 Å². The van der Waals surface area contributed by atoms with Gasteiger partial charge in [-0.25, -0.2) is 0 Å². The molecule has 0 saturated carbocycles. The number of imide groups is 1. The Kier molecular flexibility index (Phi) is 3.23. The third kappa shape index (κ3) is 2.53. The lowest BCUT2D eigenvalue weighted by molar-refractivity contribution is 0.0878. The van der Waals surface area contributed by atoms with Crippen LogP contribution >= 0.6 is 0 Å². The Hall–Kier alpha value is -2.95. The van der Waals surface area contributed by atoms with Gasteiger partial charge in [-0.1, -0.05) is 30.3 Å². The lowest BCUT2D eigenvalue weighted by Gasteiger charge is -2.06. The van der Waals surface area contributed by atoms with Crippen molar-refractivity contribution >= 4 is 17.7 Å². The Morgan fingerprint density at radius 2 is 1.67 bits per heavy atom. The molecular weight excluding hydrogens is 268 g/mol. The van der Waals surface area contributed by atoms with Crippen LogP contribution < -0.4 is 10.6 Å². The highest BCUT2D eigenvalue weighted by Gasteiger charge is 2.27. The van der Waals surface area contributed by atoms with Crippen LogP contribution in [0.5, 0.6) is 0 Å². The summed E-state index contributed by atoms with van der Waals surface area (Å²) in [5.41, 5.74) is 1.89. The molecule has 0 saturated heterocycles. The van der Waals surface area contributed by atoms with E-state index in [1.165, 1.54) is 18.2 Å². The maximum Gasteiger partial charge on any atom is 0.258 e. The first-order valence-electron chi connectivity index (χ1n) is 6.47. The van der Waals surface area contributed by atoms with E-state index < -0.39 is 11.8 Å². The Bertz CT molecular complexity index is 738. The fraction of sp³-hybridized carbons (Fsp3) is 0.0625. The summed E-state index contributed by atoms with van der Waals surface area (Å²) in [4.78, 5) is 35.1. The van der Waals surface area contributed by atoms with E-state index in [1.54, 1.807) is 0 Å². The van der Waals surface area contributed by atoms with E-state index in [1.807, 2.05) is 30.3 Å². The van der Waals surface area contributed by atoms with Crippen molar-refractivity contribution in [3.63, 3.8) is 0 Å². The number of amides is 3. The first-order chi connectivity index (χ1) is 10.1. The van der Waals surface area contributed by atoms with Crippen LogP contribution in [0.15, 0.2) is 48.5 Å². The minimum absolute atomic E-state index is 0.243. The molecule has 0 radical (unpaired) electrons. The molecule has 1 aliphatic heterocycles. The summed E-state index contributed by atoms with van der Waals surface area (Å²) >= 11 is 0. The lowest BCUT2D eigenvalue weighted by atomic mass is 10.1. The quantitative estimate of drug-likeness (QED) is 0.837. The van der Waals surface area contributed by atoms with Crippen molar-refractivity contribution in [3.8, 4) is 0 Å². The van der Waals surface area contributed by atoms with Gasteiger partial charge in [0.25, 0.3) is 17.7 Å². The van der Waals surface area contributed by atoms with Gasteiger partial charge in [-0.3, -0.25) is 19.7 Å². The maximum atomic E-state index is 12.1. The molecule has 1 aliphatic rings.